The Bertz CT molecular complexity index is 757. The van der Waals surface area contributed by atoms with Crippen LogP contribution < -0.4 is 9.47 Å². The Morgan fingerprint density at radius 3 is 2.79 bits per heavy atom. The molecule has 2 aromatic heterocycles. The van der Waals surface area contributed by atoms with E-state index < -0.39 is 0 Å². The first-order chi connectivity index (χ1) is 9.31. The molecule has 0 bridgehead atoms. The van der Waals surface area contributed by atoms with Gasteiger partial charge in [-0.1, -0.05) is 0 Å². The van der Waals surface area contributed by atoms with E-state index in [9.17, 15) is 0 Å². The van der Waals surface area contributed by atoms with Crippen LogP contribution in [0.1, 0.15) is 6.92 Å². The molecule has 1 atom stereocenters. The predicted molar refractivity (Wildman–Crippen MR) is 63.4 cm³/mol. The van der Waals surface area contributed by atoms with Crippen LogP contribution in [0.2, 0.25) is 0 Å². The van der Waals surface area contributed by atoms with Gasteiger partial charge in [0.15, 0.2) is 11.5 Å². The second-order valence-corrected chi connectivity index (χ2v) is 4.08. The SMILES string of the molecule is CC1Oc2cc3ncnc(-c4nn[nH]n4)c3cc2O1. The van der Waals surface area contributed by atoms with Gasteiger partial charge in [-0.15, -0.1) is 10.2 Å². The van der Waals surface area contributed by atoms with Crippen molar-refractivity contribution in [3.63, 3.8) is 0 Å². The highest BCUT2D eigenvalue weighted by Crippen LogP contribution is 2.39. The van der Waals surface area contributed by atoms with Crippen molar-refractivity contribution >= 4 is 10.9 Å². The summed E-state index contributed by atoms with van der Waals surface area (Å²) in [6.07, 6.45) is 1.16. The normalized spacial score (nSPS) is 17.0. The smallest absolute Gasteiger partial charge is 0.238 e. The van der Waals surface area contributed by atoms with Gasteiger partial charge in [0.05, 0.1) is 5.52 Å². The number of rotatable bonds is 1. The lowest BCUT2D eigenvalue weighted by atomic mass is 10.1. The maximum Gasteiger partial charge on any atom is 0.238 e. The van der Waals surface area contributed by atoms with E-state index in [1.54, 1.807) is 0 Å². The summed E-state index contributed by atoms with van der Waals surface area (Å²) in [5, 5.41) is 14.6. The zero-order chi connectivity index (χ0) is 12.8. The topological polar surface area (TPSA) is 98.7 Å². The molecule has 1 unspecified atom stereocenters. The van der Waals surface area contributed by atoms with Crippen LogP contribution in [0.5, 0.6) is 11.5 Å². The Morgan fingerprint density at radius 1 is 1.16 bits per heavy atom. The summed E-state index contributed by atoms with van der Waals surface area (Å²) in [7, 11) is 0. The summed E-state index contributed by atoms with van der Waals surface area (Å²) in [5.41, 5.74) is 1.34. The molecule has 94 valence electrons. The van der Waals surface area contributed by atoms with Crippen LogP contribution in [0.4, 0.5) is 0 Å². The van der Waals surface area contributed by atoms with E-state index in [1.807, 2.05) is 19.1 Å². The number of benzene rings is 1. The highest BCUT2D eigenvalue weighted by Gasteiger charge is 2.22. The maximum atomic E-state index is 5.55. The van der Waals surface area contributed by atoms with Crippen molar-refractivity contribution in [3.8, 4) is 23.0 Å². The zero-order valence-corrected chi connectivity index (χ0v) is 9.86. The molecule has 0 fully saturated rings. The fourth-order valence-electron chi connectivity index (χ4n) is 2.07. The van der Waals surface area contributed by atoms with Gasteiger partial charge in [0.1, 0.15) is 12.0 Å². The standard InChI is InChI=1S/C11H8N6O2/c1-5-18-8-2-6-7(3-9(8)19-5)12-4-13-10(6)11-14-16-17-15-11/h2-5H,1H3,(H,14,15,16,17). The molecule has 0 radical (unpaired) electrons. The summed E-state index contributed by atoms with van der Waals surface area (Å²) in [6, 6.07) is 3.65. The quantitative estimate of drug-likeness (QED) is 0.691. The third kappa shape index (κ3) is 1.49. The average molecular weight is 256 g/mol. The van der Waals surface area contributed by atoms with Gasteiger partial charge >= 0.3 is 0 Å². The molecule has 4 rings (SSSR count). The van der Waals surface area contributed by atoms with Gasteiger partial charge in [0.25, 0.3) is 0 Å². The van der Waals surface area contributed by atoms with Crippen molar-refractivity contribution in [2.45, 2.75) is 13.2 Å². The third-order valence-electron chi connectivity index (χ3n) is 2.84. The monoisotopic (exact) mass is 256 g/mol. The van der Waals surface area contributed by atoms with E-state index in [4.69, 9.17) is 9.47 Å². The van der Waals surface area contributed by atoms with Crippen molar-refractivity contribution in [1.82, 2.24) is 30.6 Å². The molecule has 3 heterocycles. The number of nitrogens with one attached hydrogen (secondary N) is 1. The predicted octanol–water partition coefficient (Wildman–Crippen LogP) is 0.927. The van der Waals surface area contributed by atoms with Gasteiger partial charge in [-0.3, -0.25) is 0 Å². The minimum atomic E-state index is -0.298. The molecule has 0 saturated heterocycles. The van der Waals surface area contributed by atoms with E-state index >= 15 is 0 Å². The van der Waals surface area contributed by atoms with Crippen molar-refractivity contribution in [3.05, 3.63) is 18.5 Å². The van der Waals surface area contributed by atoms with Crippen LogP contribution in [0, 0.1) is 0 Å². The number of H-pyrrole nitrogens is 1. The lowest BCUT2D eigenvalue weighted by Gasteiger charge is -2.02. The molecule has 0 saturated carbocycles. The number of aromatic nitrogens is 6. The van der Waals surface area contributed by atoms with Crippen LogP contribution in [-0.4, -0.2) is 36.9 Å². The van der Waals surface area contributed by atoms with E-state index in [0.29, 0.717) is 23.0 Å². The first kappa shape index (κ1) is 10.2. The largest absolute Gasteiger partial charge is 0.451 e. The number of nitrogens with zero attached hydrogens (tertiary/aromatic N) is 5. The Kier molecular flexibility index (Phi) is 1.93. The molecule has 19 heavy (non-hydrogen) atoms. The summed E-state index contributed by atoms with van der Waals surface area (Å²) >= 11 is 0. The van der Waals surface area contributed by atoms with Gasteiger partial charge in [-0.25, -0.2) is 9.97 Å². The van der Waals surface area contributed by atoms with Gasteiger partial charge in [0, 0.05) is 18.4 Å². The van der Waals surface area contributed by atoms with Crippen LogP contribution in [0.25, 0.3) is 22.4 Å². The fraction of sp³-hybridized carbons (Fsp3) is 0.182. The number of ether oxygens (including phenoxy) is 2. The number of hydrogen-bond donors (Lipinski definition) is 1. The van der Waals surface area contributed by atoms with E-state index in [1.165, 1.54) is 6.33 Å². The number of fused-ring (bicyclic) bond motifs is 2. The molecular weight excluding hydrogens is 248 g/mol. The lowest BCUT2D eigenvalue weighted by Crippen LogP contribution is -2.11. The van der Waals surface area contributed by atoms with Crippen molar-refractivity contribution < 1.29 is 9.47 Å². The molecule has 8 nitrogen and oxygen atoms in total. The average Bonchev–Trinajstić information content (AvgIpc) is 3.03. The third-order valence-corrected chi connectivity index (χ3v) is 2.84. The van der Waals surface area contributed by atoms with Gasteiger partial charge in [-0.2, -0.15) is 5.21 Å². The summed E-state index contributed by atoms with van der Waals surface area (Å²) in [4.78, 5) is 8.42. The molecule has 3 aromatic rings. The second kappa shape index (κ2) is 3.61. The van der Waals surface area contributed by atoms with Gasteiger partial charge < -0.3 is 9.47 Å². The Hall–Kier alpha value is -2.77. The molecular formula is C11H8N6O2. The molecule has 0 amide bonds. The van der Waals surface area contributed by atoms with E-state index in [2.05, 4.69) is 30.6 Å². The van der Waals surface area contributed by atoms with Crippen molar-refractivity contribution in [1.29, 1.82) is 0 Å². The van der Waals surface area contributed by atoms with E-state index in [-0.39, 0.29) is 6.29 Å². The van der Waals surface area contributed by atoms with Gasteiger partial charge in [-0.05, 0) is 11.3 Å². The van der Waals surface area contributed by atoms with Crippen LogP contribution in [0.3, 0.4) is 0 Å². The highest BCUT2D eigenvalue weighted by molar-refractivity contribution is 5.92. The number of tetrazole rings is 1. The molecule has 8 heteroatoms. The summed E-state index contributed by atoms with van der Waals surface area (Å²) < 4.78 is 11.1. The lowest BCUT2D eigenvalue weighted by molar-refractivity contribution is 0.0679. The Morgan fingerprint density at radius 2 is 2.00 bits per heavy atom. The van der Waals surface area contributed by atoms with Crippen molar-refractivity contribution in [2.75, 3.05) is 0 Å². The minimum absolute atomic E-state index is 0.298. The minimum Gasteiger partial charge on any atom is -0.451 e. The second-order valence-electron chi connectivity index (χ2n) is 4.08. The molecule has 0 aliphatic carbocycles. The van der Waals surface area contributed by atoms with Crippen molar-refractivity contribution in [2.24, 2.45) is 0 Å². The first-order valence-electron chi connectivity index (χ1n) is 5.67. The molecule has 1 aliphatic heterocycles. The fourth-order valence-corrected chi connectivity index (χ4v) is 2.07. The molecule has 1 aromatic carbocycles. The highest BCUT2D eigenvalue weighted by atomic mass is 16.7. The Balaban J connectivity index is 1.99. The molecule has 1 aliphatic rings. The first-order valence-corrected chi connectivity index (χ1v) is 5.67. The zero-order valence-electron chi connectivity index (χ0n) is 9.86. The van der Waals surface area contributed by atoms with Gasteiger partial charge in [0.2, 0.25) is 12.1 Å². The molecule has 1 N–H and O–H groups in total. The van der Waals surface area contributed by atoms with Crippen LogP contribution >= 0.6 is 0 Å². The Labute approximate surface area is 106 Å². The van der Waals surface area contributed by atoms with E-state index in [0.717, 1.165) is 10.9 Å². The van der Waals surface area contributed by atoms with Crippen LogP contribution in [0.15, 0.2) is 18.5 Å². The maximum absolute atomic E-state index is 5.55. The van der Waals surface area contributed by atoms with Crippen LogP contribution in [-0.2, 0) is 0 Å². The summed E-state index contributed by atoms with van der Waals surface area (Å²) in [5.74, 6) is 1.76. The molecule has 0 spiro atoms. The number of aromatic amines is 1. The summed E-state index contributed by atoms with van der Waals surface area (Å²) in [6.45, 7) is 1.83. The number of hydrogen-bond acceptors (Lipinski definition) is 7.